The van der Waals surface area contributed by atoms with Crippen LogP contribution < -0.4 is 10.1 Å². The van der Waals surface area contributed by atoms with E-state index >= 15 is 0 Å². The maximum Gasteiger partial charge on any atom is 0.255 e. The van der Waals surface area contributed by atoms with Gasteiger partial charge in [-0.1, -0.05) is 24.3 Å². The number of ether oxygens (including phenoxy) is 2. The summed E-state index contributed by atoms with van der Waals surface area (Å²) in [6, 6.07) is 12.6. The molecule has 0 radical (unpaired) electrons. The molecule has 178 valence electrons. The third kappa shape index (κ3) is 5.73. The number of rotatable bonds is 8. The van der Waals surface area contributed by atoms with Gasteiger partial charge >= 0.3 is 0 Å². The number of sulfonamides is 1. The minimum Gasteiger partial charge on any atom is -0.496 e. The molecule has 4 rings (SSSR count). The second kappa shape index (κ2) is 10.6. The predicted octanol–water partition coefficient (Wildman–Crippen LogP) is 2.24. The van der Waals surface area contributed by atoms with E-state index in [1.165, 1.54) is 48.0 Å². The number of hydrogen-bond acceptors (Lipinski definition) is 6. The minimum absolute atomic E-state index is 0.0709. The average Bonchev–Trinajstić information content (AvgIpc) is 3.36. The van der Waals surface area contributed by atoms with Crippen LogP contribution in [0.5, 0.6) is 5.75 Å². The number of methoxy groups -OCH3 is 1. The monoisotopic (exact) mass is 473 g/mol. The summed E-state index contributed by atoms with van der Waals surface area (Å²) in [6.07, 6.45) is 2.53. The van der Waals surface area contributed by atoms with Gasteiger partial charge in [-0.2, -0.15) is 4.31 Å². The molecule has 2 aliphatic heterocycles. The van der Waals surface area contributed by atoms with E-state index in [1.807, 2.05) is 12.1 Å². The molecule has 9 heteroatoms. The molecule has 0 aliphatic carbocycles. The van der Waals surface area contributed by atoms with Crippen LogP contribution in [0.25, 0.3) is 0 Å². The molecule has 2 heterocycles. The fourth-order valence-electron chi connectivity index (χ4n) is 4.20. The Hall–Kier alpha value is -2.46. The lowest BCUT2D eigenvalue weighted by molar-refractivity contribution is 0.0730. The van der Waals surface area contributed by atoms with E-state index in [1.54, 1.807) is 0 Å². The number of carbonyl (C=O) groups is 1. The van der Waals surface area contributed by atoms with Gasteiger partial charge < -0.3 is 14.8 Å². The maximum absolute atomic E-state index is 13.0. The molecule has 2 aromatic rings. The second-order valence-corrected chi connectivity index (χ2v) is 10.3. The van der Waals surface area contributed by atoms with Crippen LogP contribution in [0.15, 0.2) is 47.4 Å². The molecule has 2 aromatic carbocycles. The minimum atomic E-state index is -3.71. The van der Waals surface area contributed by atoms with Gasteiger partial charge in [-0.15, -0.1) is 0 Å². The summed E-state index contributed by atoms with van der Waals surface area (Å²) in [7, 11) is -2.25. The van der Waals surface area contributed by atoms with Crippen LogP contribution >= 0.6 is 0 Å². The summed E-state index contributed by atoms with van der Waals surface area (Å²) in [6.45, 7) is 4.91. The summed E-state index contributed by atoms with van der Waals surface area (Å²) < 4.78 is 37.9. The van der Waals surface area contributed by atoms with E-state index in [0.717, 1.165) is 25.2 Å². The molecular weight excluding hydrogens is 442 g/mol. The maximum atomic E-state index is 13.0. The van der Waals surface area contributed by atoms with Gasteiger partial charge in [-0.05, 0) is 55.3 Å². The number of amides is 1. The number of hydrogen-bond donors (Lipinski definition) is 1. The van der Waals surface area contributed by atoms with Crippen LogP contribution in [0.3, 0.4) is 0 Å². The molecule has 33 heavy (non-hydrogen) atoms. The van der Waals surface area contributed by atoms with E-state index < -0.39 is 10.0 Å². The normalized spacial score (nSPS) is 17.7. The largest absolute Gasteiger partial charge is 0.496 e. The number of morpholine rings is 1. The highest BCUT2D eigenvalue weighted by Crippen LogP contribution is 2.25. The van der Waals surface area contributed by atoms with Gasteiger partial charge in [0.15, 0.2) is 0 Å². The first-order valence-corrected chi connectivity index (χ1v) is 12.8. The fourth-order valence-corrected chi connectivity index (χ4v) is 5.63. The summed E-state index contributed by atoms with van der Waals surface area (Å²) in [5.41, 5.74) is 2.43. The Morgan fingerprint density at radius 3 is 2.33 bits per heavy atom. The predicted molar refractivity (Wildman–Crippen MR) is 125 cm³/mol. The van der Waals surface area contributed by atoms with Crippen molar-refractivity contribution in [3.8, 4) is 5.75 Å². The third-order valence-electron chi connectivity index (χ3n) is 6.10. The first-order chi connectivity index (χ1) is 16.0. The van der Waals surface area contributed by atoms with Gasteiger partial charge in [0.2, 0.25) is 10.0 Å². The van der Waals surface area contributed by atoms with Gasteiger partial charge in [0.1, 0.15) is 5.75 Å². The SMILES string of the molecule is COc1ccc(S(=O)(=O)N2CCOCC2)cc1C(=O)NCc1ccc(CN2CCCC2)cc1. The Morgan fingerprint density at radius 2 is 1.67 bits per heavy atom. The molecule has 2 fully saturated rings. The average molecular weight is 474 g/mol. The van der Waals surface area contributed by atoms with E-state index in [4.69, 9.17) is 9.47 Å². The third-order valence-corrected chi connectivity index (χ3v) is 8.00. The first-order valence-electron chi connectivity index (χ1n) is 11.3. The molecule has 0 spiro atoms. The van der Waals surface area contributed by atoms with Crippen LogP contribution in [0.2, 0.25) is 0 Å². The van der Waals surface area contributed by atoms with Crippen molar-refractivity contribution >= 4 is 15.9 Å². The van der Waals surface area contributed by atoms with E-state index in [0.29, 0.717) is 38.6 Å². The molecule has 2 saturated heterocycles. The molecule has 1 amide bonds. The van der Waals surface area contributed by atoms with Crippen molar-refractivity contribution in [3.63, 3.8) is 0 Å². The number of likely N-dealkylation sites (tertiary alicyclic amines) is 1. The van der Waals surface area contributed by atoms with Crippen molar-refractivity contribution < 1.29 is 22.7 Å². The zero-order valence-corrected chi connectivity index (χ0v) is 19.8. The molecule has 2 aliphatic rings. The van der Waals surface area contributed by atoms with Crippen molar-refractivity contribution in [1.82, 2.24) is 14.5 Å². The highest BCUT2D eigenvalue weighted by Gasteiger charge is 2.28. The quantitative estimate of drug-likeness (QED) is 0.633. The first kappa shape index (κ1) is 23.7. The van der Waals surface area contributed by atoms with Crippen molar-refractivity contribution in [3.05, 3.63) is 59.2 Å². The second-order valence-electron chi connectivity index (χ2n) is 8.36. The Kier molecular flexibility index (Phi) is 7.64. The number of carbonyl (C=O) groups excluding carboxylic acids is 1. The van der Waals surface area contributed by atoms with Gasteiger partial charge in [0, 0.05) is 26.2 Å². The highest BCUT2D eigenvalue weighted by atomic mass is 32.2. The lowest BCUT2D eigenvalue weighted by atomic mass is 10.1. The van der Waals surface area contributed by atoms with Crippen LogP contribution in [-0.2, 0) is 27.8 Å². The molecule has 8 nitrogen and oxygen atoms in total. The zero-order chi connectivity index (χ0) is 23.3. The molecular formula is C24H31N3O5S. The Labute approximate surface area is 195 Å². The number of benzene rings is 2. The van der Waals surface area contributed by atoms with E-state index in [9.17, 15) is 13.2 Å². The topological polar surface area (TPSA) is 88.2 Å². The standard InChI is InChI=1S/C24H31N3O5S/c1-31-23-9-8-21(33(29,30)27-12-14-32-15-13-27)16-22(23)24(28)25-17-19-4-6-20(7-5-19)18-26-10-2-3-11-26/h4-9,16H,2-3,10-15,17-18H2,1H3,(H,25,28). The van der Waals surface area contributed by atoms with Crippen LogP contribution in [0.4, 0.5) is 0 Å². The van der Waals surface area contributed by atoms with Crippen LogP contribution in [-0.4, -0.2) is 70.0 Å². The molecule has 1 N–H and O–H groups in total. The highest BCUT2D eigenvalue weighted by molar-refractivity contribution is 7.89. The van der Waals surface area contributed by atoms with Crippen molar-refractivity contribution in [2.24, 2.45) is 0 Å². The van der Waals surface area contributed by atoms with Crippen LogP contribution in [0.1, 0.15) is 34.3 Å². The summed E-state index contributed by atoms with van der Waals surface area (Å²) in [5.74, 6) is -0.0543. The molecule has 0 aromatic heterocycles. The van der Waals surface area contributed by atoms with Gasteiger partial charge in [0.25, 0.3) is 5.91 Å². The zero-order valence-electron chi connectivity index (χ0n) is 19.0. The number of nitrogens with one attached hydrogen (secondary N) is 1. The van der Waals surface area contributed by atoms with Crippen molar-refractivity contribution in [2.45, 2.75) is 30.8 Å². The van der Waals surface area contributed by atoms with Crippen LogP contribution in [0, 0.1) is 0 Å². The number of nitrogens with zero attached hydrogens (tertiary/aromatic N) is 2. The summed E-state index contributed by atoms with van der Waals surface area (Å²) in [5, 5.41) is 2.88. The van der Waals surface area contributed by atoms with Gasteiger partial charge in [-0.25, -0.2) is 8.42 Å². The summed E-state index contributed by atoms with van der Waals surface area (Å²) >= 11 is 0. The smallest absolute Gasteiger partial charge is 0.255 e. The summed E-state index contributed by atoms with van der Waals surface area (Å²) in [4.78, 5) is 15.4. The van der Waals surface area contributed by atoms with Gasteiger partial charge in [-0.3, -0.25) is 9.69 Å². The molecule has 0 saturated carbocycles. The molecule has 0 unspecified atom stereocenters. The van der Waals surface area contributed by atoms with Crippen molar-refractivity contribution in [1.29, 1.82) is 0 Å². The van der Waals surface area contributed by atoms with Crippen molar-refractivity contribution in [2.75, 3.05) is 46.5 Å². The fraction of sp³-hybridized carbons (Fsp3) is 0.458. The van der Waals surface area contributed by atoms with Gasteiger partial charge in [0.05, 0.1) is 30.8 Å². The van der Waals surface area contributed by atoms with E-state index in [2.05, 4.69) is 22.3 Å². The van der Waals surface area contributed by atoms with E-state index in [-0.39, 0.29) is 16.4 Å². The Morgan fingerprint density at radius 1 is 1.00 bits per heavy atom. The lowest BCUT2D eigenvalue weighted by Crippen LogP contribution is -2.40. The Bertz CT molecular complexity index is 1060. The lowest BCUT2D eigenvalue weighted by Gasteiger charge is -2.26. The Balaban J connectivity index is 1.43. The molecule has 0 bridgehead atoms. The molecule has 0 atom stereocenters.